The average Bonchev–Trinajstić information content (AvgIpc) is 2.97. The zero-order chi connectivity index (χ0) is 23.2. The summed E-state index contributed by atoms with van der Waals surface area (Å²) in [6, 6.07) is 16.4. The van der Waals surface area contributed by atoms with Crippen molar-refractivity contribution in [2.45, 2.75) is 27.7 Å². The van der Waals surface area contributed by atoms with Gasteiger partial charge in [0.05, 0.1) is 11.3 Å². The maximum atomic E-state index is 13.6. The molecule has 4 rings (SSSR count). The standard InChI is InChI=1S/C26H22Cl2N2O2/c1-14-5-10-20(17(4)11-14)23-24(29-18-8-6-15(2)21(27)12-18)26(32)30(25(23)31)19-9-7-16(3)22(28)13-19/h5-13,29H,1-4H3. The van der Waals surface area contributed by atoms with Crippen molar-refractivity contribution in [3.8, 4) is 0 Å². The highest BCUT2D eigenvalue weighted by molar-refractivity contribution is 6.46. The SMILES string of the molecule is Cc1ccc(C2=C(Nc3ccc(C)c(Cl)c3)C(=O)N(c3ccc(C)c(Cl)c3)C2=O)c(C)c1. The molecule has 0 spiro atoms. The molecule has 0 aliphatic carbocycles. The van der Waals surface area contributed by atoms with Crippen LogP contribution in [0.15, 0.2) is 60.3 Å². The topological polar surface area (TPSA) is 49.4 Å². The minimum Gasteiger partial charge on any atom is -0.350 e. The van der Waals surface area contributed by atoms with Crippen LogP contribution >= 0.6 is 23.2 Å². The molecule has 0 bridgehead atoms. The Labute approximate surface area is 197 Å². The van der Waals surface area contributed by atoms with E-state index < -0.39 is 11.8 Å². The quantitative estimate of drug-likeness (QED) is 0.441. The number of halogens is 2. The molecule has 0 saturated carbocycles. The van der Waals surface area contributed by atoms with Gasteiger partial charge in [0.1, 0.15) is 5.70 Å². The summed E-state index contributed by atoms with van der Waals surface area (Å²) in [5, 5.41) is 4.22. The molecule has 4 nitrogen and oxygen atoms in total. The lowest BCUT2D eigenvalue weighted by molar-refractivity contribution is -0.120. The molecule has 2 amide bonds. The Morgan fingerprint density at radius 3 is 2.00 bits per heavy atom. The first-order valence-corrected chi connectivity index (χ1v) is 10.9. The fourth-order valence-corrected chi connectivity index (χ4v) is 4.12. The van der Waals surface area contributed by atoms with Crippen molar-refractivity contribution in [1.29, 1.82) is 0 Å². The molecule has 1 heterocycles. The van der Waals surface area contributed by atoms with E-state index in [-0.39, 0.29) is 5.70 Å². The van der Waals surface area contributed by atoms with E-state index >= 15 is 0 Å². The van der Waals surface area contributed by atoms with Gasteiger partial charge in [-0.1, -0.05) is 59.1 Å². The smallest absolute Gasteiger partial charge is 0.282 e. The molecular formula is C26H22Cl2N2O2. The summed E-state index contributed by atoms with van der Waals surface area (Å²) >= 11 is 12.6. The highest BCUT2D eigenvalue weighted by Crippen LogP contribution is 2.36. The Balaban J connectivity index is 1.87. The molecular weight excluding hydrogens is 443 g/mol. The number of anilines is 2. The van der Waals surface area contributed by atoms with E-state index in [1.165, 1.54) is 0 Å². The summed E-state index contributed by atoms with van der Waals surface area (Å²) in [5.74, 6) is -0.843. The summed E-state index contributed by atoms with van der Waals surface area (Å²) in [6.07, 6.45) is 0. The first kappa shape index (κ1) is 22.1. The average molecular weight is 465 g/mol. The molecule has 1 N–H and O–H groups in total. The monoisotopic (exact) mass is 464 g/mol. The van der Waals surface area contributed by atoms with E-state index in [2.05, 4.69) is 5.32 Å². The molecule has 0 saturated heterocycles. The Morgan fingerprint density at radius 2 is 1.38 bits per heavy atom. The second-order valence-electron chi connectivity index (χ2n) is 8.04. The Hall–Kier alpha value is -3.08. The van der Waals surface area contributed by atoms with Gasteiger partial charge in [-0.25, -0.2) is 4.90 Å². The number of hydrogen-bond donors (Lipinski definition) is 1. The van der Waals surface area contributed by atoms with E-state index in [0.29, 0.717) is 32.6 Å². The number of aryl methyl sites for hydroxylation is 4. The molecule has 1 aliphatic rings. The zero-order valence-corrected chi connectivity index (χ0v) is 19.7. The largest absolute Gasteiger partial charge is 0.350 e. The number of nitrogens with one attached hydrogen (secondary N) is 1. The third kappa shape index (κ3) is 3.92. The molecule has 32 heavy (non-hydrogen) atoms. The summed E-state index contributed by atoms with van der Waals surface area (Å²) < 4.78 is 0. The van der Waals surface area contributed by atoms with Crippen LogP contribution in [0.25, 0.3) is 5.57 Å². The lowest BCUT2D eigenvalue weighted by Gasteiger charge is -2.16. The molecule has 0 aromatic heterocycles. The van der Waals surface area contributed by atoms with Gasteiger partial charge in [-0.3, -0.25) is 9.59 Å². The molecule has 0 unspecified atom stereocenters. The Bertz CT molecular complexity index is 1310. The lowest BCUT2D eigenvalue weighted by Crippen LogP contribution is -2.32. The lowest BCUT2D eigenvalue weighted by atomic mass is 9.97. The third-order valence-corrected chi connectivity index (χ3v) is 6.40. The van der Waals surface area contributed by atoms with Gasteiger partial charge in [-0.05, 0) is 74.2 Å². The van der Waals surface area contributed by atoms with Crippen LogP contribution in [0.4, 0.5) is 11.4 Å². The number of benzene rings is 3. The normalized spacial score (nSPS) is 13.9. The predicted octanol–water partition coefficient (Wildman–Crippen LogP) is 6.62. The van der Waals surface area contributed by atoms with E-state index in [4.69, 9.17) is 23.2 Å². The van der Waals surface area contributed by atoms with Crippen LogP contribution in [0.5, 0.6) is 0 Å². The van der Waals surface area contributed by atoms with Gasteiger partial charge in [0.25, 0.3) is 11.8 Å². The third-order valence-electron chi connectivity index (χ3n) is 5.59. The van der Waals surface area contributed by atoms with Crippen molar-refractivity contribution in [3.05, 3.63) is 98.2 Å². The second-order valence-corrected chi connectivity index (χ2v) is 8.85. The summed E-state index contributed by atoms with van der Waals surface area (Å²) in [6.45, 7) is 7.69. The van der Waals surface area contributed by atoms with Gasteiger partial charge < -0.3 is 5.32 Å². The number of carbonyl (C=O) groups is 2. The molecule has 0 fully saturated rings. The van der Waals surface area contributed by atoms with Gasteiger partial charge in [0, 0.05) is 15.7 Å². The van der Waals surface area contributed by atoms with Crippen molar-refractivity contribution in [2.24, 2.45) is 0 Å². The molecule has 0 atom stereocenters. The Morgan fingerprint density at radius 1 is 0.719 bits per heavy atom. The number of carbonyl (C=O) groups excluding carboxylic acids is 2. The van der Waals surface area contributed by atoms with Crippen molar-refractivity contribution in [1.82, 2.24) is 0 Å². The zero-order valence-electron chi connectivity index (χ0n) is 18.2. The Kier molecular flexibility index (Phi) is 5.85. The number of amides is 2. The molecule has 3 aromatic rings. The van der Waals surface area contributed by atoms with E-state index in [1.807, 2.05) is 58.0 Å². The first-order chi connectivity index (χ1) is 15.2. The highest BCUT2D eigenvalue weighted by Gasteiger charge is 2.41. The van der Waals surface area contributed by atoms with Crippen LogP contribution in [0.2, 0.25) is 10.0 Å². The number of imide groups is 1. The van der Waals surface area contributed by atoms with Gasteiger partial charge in [0.2, 0.25) is 0 Å². The van der Waals surface area contributed by atoms with Gasteiger partial charge in [-0.2, -0.15) is 0 Å². The van der Waals surface area contributed by atoms with E-state index in [1.54, 1.807) is 24.3 Å². The van der Waals surface area contributed by atoms with Crippen LogP contribution in [0.3, 0.4) is 0 Å². The van der Waals surface area contributed by atoms with Crippen LogP contribution in [0.1, 0.15) is 27.8 Å². The number of nitrogens with zero attached hydrogens (tertiary/aromatic N) is 1. The van der Waals surface area contributed by atoms with Gasteiger partial charge in [-0.15, -0.1) is 0 Å². The summed E-state index contributed by atoms with van der Waals surface area (Å²) in [7, 11) is 0. The molecule has 0 radical (unpaired) electrons. The van der Waals surface area contributed by atoms with Crippen LogP contribution in [-0.4, -0.2) is 11.8 Å². The van der Waals surface area contributed by atoms with Crippen molar-refractivity contribution >= 4 is 52.0 Å². The van der Waals surface area contributed by atoms with E-state index in [9.17, 15) is 9.59 Å². The van der Waals surface area contributed by atoms with Gasteiger partial charge in [0.15, 0.2) is 0 Å². The fraction of sp³-hybridized carbons (Fsp3) is 0.154. The maximum absolute atomic E-state index is 13.6. The number of hydrogen-bond acceptors (Lipinski definition) is 3. The van der Waals surface area contributed by atoms with Crippen LogP contribution < -0.4 is 10.2 Å². The van der Waals surface area contributed by atoms with Crippen molar-refractivity contribution in [2.75, 3.05) is 10.2 Å². The predicted molar refractivity (Wildman–Crippen MR) is 131 cm³/mol. The molecule has 6 heteroatoms. The highest BCUT2D eigenvalue weighted by atomic mass is 35.5. The second kappa shape index (κ2) is 8.45. The number of rotatable bonds is 4. The maximum Gasteiger partial charge on any atom is 0.282 e. The van der Waals surface area contributed by atoms with Crippen LogP contribution in [0, 0.1) is 27.7 Å². The van der Waals surface area contributed by atoms with Gasteiger partial charge >= 0.3 is 0 Å². The van der Waals surface area contributed by atoms with Crippen molar-refractivity contribution < 1.29 is 9.59 Å². The van der Waals surface area contributed by atoms with Crippen LogP contribution in [-0.2, 0) is 9.59 Å². The molecule has 162 valence electrons. The molecule has 1 aliphatic heterocycles. The molecule has 3 aromatic carbocycles. The first-order valence-electron chi connectivity index (χ1n) is 10.2. The fourth-order valence-electron chi connectivity index (χ4n) is 3.76. The van der Waals surface area contributed by atoms with Crippen molar-refractivity contribution in [3.63, 3.8) is 0 Å². The summed E-state index contributed by atoms with van der Waals surface area (Å²) in [4.78, 5) is 28.3. The van der Waals surface area contributed by atoms with E-state index in [0.717, 1.165) is 27.2 Å². The minimum absolute atomic E-state index is 0.207. The minimum atomic E-state index is -0.443. The summed E-state index contributed by atoms with van der Waals surface area (Å²) in [5.41, 5.74) is 6.06.